The average molecular weight is 229 g/mol. The van der Waals surface area contributed by atoms with Crippen LogP contribution in [0.3, 0.4) is 0 Å². The standard InChI is InChI=1S/C14H15NO2/c16-14(17)8-4-1-5-11-9-12-6-2-3-7-13(12)15-10-11/h2-3,6-7,9-10H,1,4-5,8H2,(H,16,17). The van der Waals surface area contributed by atoms with Crippen LogP contribution < -0.4 is 0 Å². The van der Waals surface area contributed by atoms with Crippen molar-refractivity contribution < 1.29 is 9.90 Å². The zero-order valence-corrected chi connectivity index (χ0v) is 9.60. The quantitative estimate of drug-likeness (QED) is 0.802. The second-order valence-electron chi connectivity index (χ2n) is 4.14. The maximum atomic E-state index is 10.4. The Morgan fingerprint density at radius 3 is 2.88 bits per heavy atom. The molecule has 1 aromatic carbocycles. The van der Waals surface area contributed by atoms with Crippen LogP contribution in [-0.4, -0.2) is 16.1 Å². The summed E-state index contributed by atoms with van der Waals surface area (Å²) in [5, 5.41) is 9.68. The lowest BCUT2D eigenvalue weighted by Gasteiger charge is -2.02. The van der Waals surface area contributed by atoms with Crippen molar-refractivity contribution in [1.82, 2.24) is 4.98 Å². The maximum absolute atomic E-state index is 10.4. The lowest BCUT2D eigenvalue weighted by atomic mass is 10.1. The molecule has 0 aliphatic carbocycles. The van der Waals surface area contributed by atoms with Gasteiger partial charge in [0.25, 0.3) is 0 Å². The summed E-state index contributed by atoms with van der Waals surface area (Å²) in [6, 6.07) is 10.1. The summed E-state index contributed by atoms with van der Waals surface area (Å²) < 4.78 is 0. The maximum Gasteiger partial charge on any atom is 0.303 e. The molecule has 2 aromatic rings. The number of carbonyl (C=O) groups is 1. The number of unbranched alkanes of at least 4 members (excludes halogenated alkanes) is 1. The number of hydrogen-bond acceptors (Lipinski definition) is 2. The van der Waals surface area contributed by atoms with E-state index in [0.29, 0.717) is 0 Å². The molecule has 1 N–H and O–H groups in total. The highest BCUT2D eigenvalue weighted by Gasteiger charge is 1.99. The third kappa shape index (κ3) is 3.28. The summed E-state index contributed by atoms with van der Waals surface area (Å²) in [4.78, 5) is 14.8. The first kappa shape index (κ1) is 11.6. The fourth-order valence-corrected chi connectivity index (χ4v) is 1.86. The predicted octanol–water partition coefficient (Wildman–Crippen LogP) is 3.03. The van der Waals surface area contributed by atoms with Crippen LogP contribution in [0.5, 0.6) is 0 Å². The van der Waals surface area contributed by atoms with Gasteiger partial charge >= 0.3 is 5.97 Å². The van der Waals surface area contributed by atoms with Crippen molar-refractivity contribution in [2.24, 2.45) is 0 Å². The fourth-order valence-electron chi connectivity index (χ4n) is 1.86. The Bertz CT molecular complexity index is 522. The van der Waals surface area contributed by atoms with Crippen LogP contribution in [0.15, 0.2) is 36.5 Å². The van der Waals surface area contributed by atoms with Crippen LogP contribution in [0, 0.1) is 0 Å². The Labute approximate surface area is 100 Å². The molecule has 3 nitrogen and oxygen atoms in total. The van der Waals surface area contributed by atoms with Gasteiger partial charge in [-0.15, -0.1) is 0 Å². The molecule has 0 fully saturated rings. The molecule has 0 aliphatic heterocycles. The molecule has 0 aliphatic rings. The van der Waals surface area contributed by atoms with E-state index in [1.165, 1.54) is 5.56 Å². The lowest BCUT2D eigenvalue weighted by Crippen LogP contribution is -1.95. The predicted molar refractivity (Wildman–Crippen MR) is 66.9 cm³/mol. The van der Waals surface area contributed by atoms with E-state index in [4.69, 9.17) is 5.11 Å². The molecule has 0 spiro atoms. The molecule has 1 heterocycles. The number of pyridine rings is 1. The minimum Gasteiger partial charge on any atom is -0.481 e. The number of rotatable bonds is 5. The highest BCUT2D eigenvalue weighted by molar-refractivity contribution is 5.78. The molecule has 0 bridgehead atoms. The van der Waals surface area contributed by atoms with E-state index in [-0.39, 0.29) is 6.42 Å². The van der Waals surface area contributed by atoms with Gasteiger partial charge in [0.2, 0.25) is 0 Å². The fraction of sp³-hybridized carbons (Fsp3) is 0.286. The van der Waals surface area contributed by atoms with Crippen molar-refractivity contribution in [2.75, 3.05) is 0 Å². The second kappa shape index (κ2) is 5.43. The highest BCUT2D eigenvalue weighted by Crippen LogP contribution is 2.14. The van der Waals surface area contributed by atoms with Crippen LogP contribution in [0.25, 0.3) is 10.9 Å². The van der Waals surface area contributed by atoms with E-state index in [2.05, 4.69) is 11.1 Å². The van der Waals surface area contributed by atoms with Crippen LogP contribution in [0.2, 0.25) is 0 Å². The zero-order valence-electron chi connectivity index (χ0n) is 9.60. The van der Waals surface area contributed by atoms with Crippen molar-refractivity contribution in [3.05, 3.63) is 42.1 Å². The number of benzene rings is 1. The monoisotopic (exact) mass is 229 g/mol. The van der Waals surface area contributed by atoms with E-state index in [0.717, 1.165) is 30.2 Å². The summed E-state index contributed by atoms with van der Waals surface area (Å²) in [5.41, 5.74) is 2.18. The summed E-state index contributed by atoms with van der Waals surface area (Å²) >= 11 is 0. The molecule has 0 saturated heterocycles. The number of fused-ring (bicyclic) bond motifs is 1. The van der Waals surface area contributed by atoms with Gasteiger partial charge in [0, 0.05) is 18.0 Å². The Morgan fingerprint density at radius 2 is 2.06 bits per heavy atom. The van der Waals surface area contributed by atoms with Gasteiger partial charge in [-0.2, -0.15) is 0 Å². The minimum atomic E-state index is -0.721. The SMILES string of the molecule is O=C(O)CCCCc1cnc2ccccc2c1. The molecule has 88 valence electrons. The first-order valence-corrected chi connectivity index (χ1v) is 5.81. The van der Waals surface area contributed by atoms with E-state index < -0.39 is 5.97 Å². The topological polar surface area (TPSA) is 50.2 Å². The lowest BCUT2D eigenvalue weighted by molar-refractivity contribution is -0.137. The third-order valence-corrected chi connectivity index (χ3v) is 2.75. The van der Waals surface area contributed by atoms with E-state index in [1.54, 1.807) is 0 Å². The Balaban J connectivity index is 1.97. The molecule has 0 saturated carbocycles. The molecule has 2 rings (SSSR count). The number of para-hydroxylation sites is 1. The smallest absolute Gasteiger partial charge is 0.303 e. The van der Waals surface area contributed by atoms with Crippen molar-refractivity contribution in [3.63, 3.8) is 0 Å². The van der Waals surface area contributed by atoms with Gasteiger partial charge in [0.15, 0.2) is 0 Å². The van der Waals surface area contributed by atoms with E-state index in [1.807, 2.05) is 30.5 Å². The van der Waals surface area contributed by atoms with Gasteiger partial charge in [-0.3, -0.25) is 9.78 Å². The van der Waals surface area contributed by atoms with Crippen molar-refractivity contribution in [2.45, 2.75) is 25.7 Å². The van der Waals surface area contributed by atoms with E-state index in [9.17, 15) is 4.79 Å². The summed E-state index contributed by atoms with van der Waals surface area (Å²) in [7, 11) is 0. The molecule has 17 heavy (non-hydrogen) atoms. The normalized spacial score (nSPS) is 10.6. The summed E-state index contributed by atoms with van der Waals surface area (Å²) in [6.45, 7) is 0. The van der Waals surface area contributed by atoms with Gasteiger partial charge in [-0.05, 0) is 37.0 Å². The molecule has 0 atom stereocenters. The average Bonchev–Trinajstić information content (AvgIpc) is 2.34. The highest BCUT2D eigenvalue weighted by atomic mass is 16.4. The Hall–Kier alpha value is -1.90. The Morgan fingerprint density at radius 1 is 1.24 bits per heavy atom. The third-order valence-electron chi connectivity index (χ3n) is 2.75. The number of carboxylic acid groups (broad SMARTS) is 1. The Kier molecular flexibility index (Phi) is 3.70. The number of nitrogens with zero attached hydrogens (tertiary/aromatic N) is 1. The molecule has 3 heteroatoms. The number of aryl methyl sites for hydroxylation is 1. The number of carboxylic acids is 1. The van der Waals surface area contributed by atoms with Crippen LogP contribution in [-0.2, 0) is 11.2 Å². The number of aromatic nitrogens is 1. The zero-order chi connectivity index (χ0) is 12.1. The summed E-state index contributed by atoms with van der Waals surface area (Å²) in [6.07, 6.45) is 4.64. The molecule has 0 amide bonds. The van der Waals surface area contributed by atoms with Gasteiger partial charge in [-0.1, -0.05) is 18.2 Å². The number of hydrogen-bond donors (Lipinski definition) is 1. The largest absolute Gasteiger partial charge is 0.481 e. The number of aliphatic carboxylic acids is 1. The minimum absolute atomic E-state index is 0.251. The van der Waals surface area contributed by atoms with Crippen LogP contribution >= 0.6 is 0 Å². The first-order valence-electron chi connectivity index (χ1n) is 5.81. The molecular formula is C14H15NO2. The molecule has 0 unspecified atom stereocenters. The van der Waals surface area contributed by atoms with Gasteiger partial charge in [0.1, 0.15) is 0 Å². The van der Waals surface area contributed by atoms with Crippen molar-refractivity contribution in [1.29, 1.82) is 0 Å². The molecule has 0 radical (unpaired) electrons. The van der Waals surface area contributed by atoms with Gasteiger partial charge < -0.3 is 5.11 Å². The van der Waals surface area contributed by atoms with Crippen molar-refractivity contribution in [3.8, 4) is 0 Å². The van der Waals surface area contributed by atoms with Crippen LogP contribution in [0.1, 0.15) is 24.8 Å². The van der Waals surface area contributed by atoms with Gasteiger partial charge in [-0.25, -0.2) is 0 Å². The first-order chi connectivity index (χ1) is 8.25. The molecular weight excluding hydrogens is 214 g/mol. The second-order valence-corrected chi connectivity index (χ2v) is 4.14. The molecule has 1 aromatic heterocycles. The van der Waals surface area contributed by atoms with Gasteiger partial charge in [0.05, 0.1) is 5.52 Å². The summed E-state index contributed by atoms with van der Waals surface area (Å²) in [5.74, 6) is -0.721. The van der Waals surface area contributed by atoms with Crippen LogP contribution in [0.4, 0.5) is 0 Å². The van der Waals surface area contributed by atoms with E-state index >= 15 is 0 Å². The van der Waals surface area contributed by atoms with Crippen molar-refractivity contribution >= 4 is 16.9 Å².